The Morgan fingerprint density at radius 2 is 2.15 bits per heavy atom. The largest absolute Gasteiger partial charge is 0.495 e. The SMILES string of the molecule is CCOc1nc(Nc2ccc([C@H](N3C[C@@H]4C[C@H]3CO4)C(F)(F)F)cc2OC)nc2[nH]ccc12. The number of fused-ring (bicyclic) bond motifs is 3. The van der Waals surface area contributed by atoms with Crippen LogP contribution in [0, 0.1) is 0 Å². The quantitative estimate of drug-likeness (QED) is 0.544. The van der Waals surface area contributed by atoms with E-state index in [1.165, 1.54) is 24.1 Å². The zero-order valence-electron chi connectivity index (χ0n) is 18.1. The van der Waals surface area contributed by atoms with Gasteiger partial charge in [-0.15, -0.1) is 0 Å². The number of likely N-dealkylation sites (tertiary alicyclic amines) is 1. The monoisotopic (exact) mass is 463 g/mol. The molecule has 2 aliphatic heterocycles. The van der Waals surface area contributed by atoms with Crippen molar-refractivity contribution in [3.8, 4) is 11.6 Å². The minimum atomic E-state index is -4.43. The highest BCUT2D eigenvalue weighted by Crippen LogP contribution is 2.45. The van der Waals surface area contributed by atoms with Gasteiger partial charge in [-0.2, -0.15) is 23.1 Å². The Kier molecular flexibility index (Phi) is 5.53. The number of rotatable bonds is 7. The summed E-state index contributed by atoms with van der Waals surface area (Å²) in [5.41, 5.74) is 1.14. The van der Waals surface area contributed by atoms with Crippen molar-refractivity contribution < 1.29 is 27.4 Å². The van der Waals surface area contributed by atoms with Crippen LogP contribution in [0.2, 0.25) is 0 Å². The first-order chi connectivity index (χ1) is 15.9. The number of methoxy groups -OCH3 is 1. The number of nitrogens with zero attached hydrogens (tertiary/aromatic N) is 3. The van der Waals surface area contributed by atoms with Gasteiger partial charge in [-0.3, -0.25) is 4.90 Å². The highest BCUT2D eigenvalue weighted by molar-refractivity contribution is 5.82. The predicted molar refractivity (Wildman–Crippen MR) is 115 cm³/mol. The molecular formula is C22H24F3N5O3. The molecule has 0 spiro atoms. The second-order valence-electron chi connectivity index (χ2n) is 8.10. The van der Waals surface area contributed by atoms with Gasteiger partial charge in [0, 0.05) is 18.8 Å². The maximum absolute atomic E-state index is 14.1. The summed E-state index contributed by atoms with van der Waals surface area (Å²) in [5, 5.41) is 3.78. The van der Waals surface area contributed by atoms with E-state index in [9.17, 15) is 13.2 Å². The maximum atomic E-state index is 14.1. The third kappa shape index (κ3) is 4.06. The first kappa shape index (κ1) is 21.8. The number of aromatic nitrogens is 3. The summed E-state index contributed by atoms with van der Waals surface area (Å²) in [5.74, 6) is 0.904. The summed E-state index contributed by atoms with van der Waals surface area (Å²) in [7, 11) is 1.42. The molecule has 0 unspecified atom stereocenters. The number of hydrogen-bond donors (Lipinski definition) is 2. The molecule has 3 aromatic rings. The lowest BCUT2D eigenvalue weighted by Gasteiger charge is -2.36. The van der Waals surface area contributed by atoms with E-state index >= 15 is 0 Å². The van der Waals surface area contributed by atoms with E-state index in [2.05, 4.69) is 20.3 Å². The number of alkyl halides is 3. The van der Waals surface area contributed by atoms with Gasteiger partial charge in [0.2, 0.25) is 11.8 Å². The van der Waals surface area contributed by atoms with Crippen LogP contribution in [0.15, 0.2) is 30.5 Å². The fourth-order valence-corrected chi connectivity index (χ4v) is 4.63. The molecule has 11 heteroatoms. The first-order valence-corrected chi connectivity index (χ1v) is 10.7. The summed E-state index contributed by atoms with van der Waals surface area (Å²) >= 11 is 0. The molecule has 0 radical (unpaired) electrons. The number of benzene rings is 1. The zero-order chi connectivity index (χ0) is 23.2. The second-order valence-corrected chi connectivity index (χ2v) is 8.10. The van der Waals surface area contributed by atoms with Gasteiger partial charge in [0.15, 0.2) is 0 Å². The van der Waals surface area contributed by atoms with Crippen molar-refractivity contribution in [2.24, 2.45) is 0 Å². The molecule has 33 heavy (non-hydrogen) atoms. The van der Waals surface area contributed by atoms with Crippen LogP contribution in [0.4, 0.5) is 24.8 Å². The molecule has 2 fully saturated rings. The zero-order valence-corrected chi connectivity index (χ0v) is 18.1. The lowest BCUT2D eigenvalue weighted by atomic mass is 10.0. The van der Waals surface area contributed by atoms with Gasteiger partial charge in [0.1, 0.15) is 17.4 Å². The van der Waals surface area contributed by atoms with Gasteiger partial charge in [-0.25, -0.2) is 0 Å². The van der Waals surface area contributed by atoms with Gasteiger partial charge in [0.25, 0.3) is 0 Å². The Balaban J connectivity index is 1.46. The Labute approximate surface area is 188 Å². The van der Waals surface area contributed by atoms with Crippen LogP contribution in [-0.4, -0.2) is 65.0 Å². The average Bonchev–Trinajstić information content (AvgIpc) is 3.51. The van der Waals surface area contributed by atoms with E-state index in [4.69, 9.17) is 14.2 Å². The summed E-state index contributed by atoms with van der Waals surface area (Å²) in [6.45, 7) is 2.87. The molecule has 2 aromatic heterocycles. The van der Waals surface area contributed by atoms with Gasteiger partial charge >= 0.3 is 6.18 Å². The van der Waals surface area contributed by atoms with Crippen LogP contribution in [-0.2, 0) is 4.74 Å². The predicted octanol–water partition coefficient (Wildman–Crippen LogP) is 4.19. The number of H-pyrrole nitrogens is 1. The van der Waals surface area contributed by atoms with Gasteiger partial charge in [-0.05, 0) is 37.1 Å². The fourth-order valence-electron chi connectivity index (χ4n) is 4.63. The number of halogens is 3. The van der Waals surface area contributed by atoms with Crippen molar-refractivity contribution in [3.63, 3.8) is 0 Å². The lowest BCUT2D eigenvalue weighted by Crippen LogP contribution is -2.45. The molecule has 8 nitrogen and oxygen atoms in total. The van der Waals surface area contributed by atoms with Crippen molar-refractivity contribution in [1.29, 1.82) is 0 Å². The molecule has 2 N–H and O–H groups in total. The van der Waals surface area contributed by atoms with E-state index in [-0.39, 0.29) is 36.0 Å². The average molecular weight is 463 g/mol. The third-order valence-electron chi connectivity index (χ3n) is 6.03. The van der Waals surface area contributed by atoms with Crippen LogP contribution in [0.1, 0.15) is 24.9 Å². The fraction of sp³-hybridized carbons (Fsp3) is 0.455. The number of nitrogens with one attached hydrogen (secondary N) is 2. The molecule has 0 saturated carbocycles. The minimum absolute atomic E-state index is 0.119. The van der Waals surface area contributed by atoms with Gasteiger partial charge in [-0.1, -0.05) is 6.07 Å². The van der Waals surface area contributed by atoms with Crippen molar-refractivity contribution in [2.45, 2.75) is 37.7 Å². The highest BCUT2D eigenvalue weighted by Gasteiger charge is 2.52. The Morgan fingerprint density at radius 1 is 1.30 bits per heavy atom. The van der Waals surface area contributed by atoms with E-state index in [1.54, 1.807) is 12.3 Å². The molecule has 5 rings (SSSR count). The number of aromatic amines is 1. The molecule has 4 heterocycles. The standard InChI is InChI=1S/C22H24F3N5O3/c1-3-32-20-15-6-7-26-19(15)28-21(29-20)27-16-5-4-12(8-17(16)31-2)18(22(23,24)25)30-10-14-9-13(30)11-33-14/h4-8,13-14,18H,3,9-11H2,1-2H3,(H2,26,27,28,29)/t13-,14-,18-/m0/s1. The van der Waals surface area contributed by atoms with E-state index < -0.39 is 12.2 Å². The molecule has 2 aliphatic rings. The molecule has 176 valence electrons. The van der Waals surface area contributed by atoms with Crippen LogP contribution in [0.3, 0.4) is 0 Å². The third-order valence-corrected chi connectivity index (χ3v) is 6.03. The molecule has 2 bridgehead atoms. The topological polar surface area (TPSA) is 84.5 Å². The maximum Gasteiger partial charge on any atom is 0.408 e. The van der Waals surface area contributed by atoms with Crippen LogP contribution < -0.4 is 14.8 Å². The van der Waals surface area contributed by atoms with Crippen molar-refractivity contribution in [2.75, 3.05) is 32.2 Å². The molecule has 3 atom stereocenters. The highest BCUT2D eigenvalue weighted by atomic mass is 19.4. The first-order valence-electron chi connectivity index (χ1n) is 10.7. The molecule has 0 aliphatic carbocycles. The number of morpholine rings is 1. The molecule has 0 amide bonds. The molecular weight excluding hydrogens is 439 g/mol. The Hall–Kier alpha value is -3.05. The van der Waals surface area contributed by atoms with E-state index in [1.807, 2.05) is 13.0 Å². The van der Waals surface area contributed by atoms with E-state index in [0.29, 0.717) is 36.8 Å². The second kappa shape index (κ2) is 8.38. The molecule has 1 aromatic carbocycles. The van der Waals surface area contributed by atoms with Crippen molar-refractivity contribution in [1.82, 2.24) is 19.9 Å². The van der Waals surface area contributed by atoms with Crippen LogP contribution >= 0.6 is 0 Å². The van der Waals surface area contributed by atoms with Crippen LogP contribution in [0.25, 0.3) is 11.0 Å². The summed E-state index contributed by atoms with van der Waals surface area (Å²) in [6, 6.07) is 4.29. The van der Waals surface area contributed by atoms with Crippen LogP contribution in [0.5, 0.6) is 11.6 Å². The Morgan fingerprint density at radius 3 is 2.82 bits per heavy atom. The number of hydrogen-bond acceptors (Lipinski definition) is 7. The van der Waals surface area contributed by atoms with Gasteiger partial charge in [0.05, 0.1) is 37.5 Å². The minimum Gasteiger partial charge on any atom is -0.495 e. The number of anilines is 2. The summed E-state index contributed by atoms with van der Waals surface area (Å²) in [6.07, 6.45) is -2.21. The Bertz CT molecular complexity index is 1150. The van der Waals surface area contributed by atoms with Crippen molar-refractivity contribution >= 4 is 22.7 Å². The normalized spacial score (nSPS) is 21.5. The van der Waals surface area contributed by atoms with Crippen molar-refractivity contribution in [3.05, 3.63) is 36.0 Å². The smallest absolute Gasteiger partial charge is 0.408 e. The lowest BCUT2D eigenvalue weighted by molar-refractivity contribution is -0.196. The number of ether oxygens (including phenoxy) is 3. The summed E-state index contributed by atoms with van der Waals surface area (Å²) in [4.78, 5) is 13.3. The van der Waals surface area contributed by atoms with E-state index in [0.717, 1.165) is 5.39 Å². The van der Waals surface area contributed by atoms with Gasteiger partial charge < -0.3 is 24.5 Å². The summed E-state index contributed by atoms with van der Waals surface area (Å²) < 4.78 is 58.9. The molecule has 2 saturated heterocycles.